The summed E-state index contributed by atoms with van der Waals surface area (Å²) < 4.78 is 31.8. The van der Waals surface area contributed by atoms with Crippen molar-refractivity contribution in [2.45, 2.75) is 24.8 Å². The van der Waals surface area contributed by atoms with Crippen molar-refractivity contribution < 1.29 is 17.9 Å². The number of methoxy groups -OCH3 is 1. The lowest BCUT2D eigenvalue weighted by atomic mass is 10.1. The molecule has 7 nitrogen and oxygen atoms in total. The molecular weight excluding hydrogens is 366 g/mol. The van der Waals surface area contributed by atoms with Gasteiger partial charge in [0.15, 0.2) is 0 Å². The molecule has 1 atom stereocenters. The molecule has 25 heavy (non-hydrogen) atoms. The molecule has 2 N–H and O–H groups in total. The van der Waals surface area contributed by atoms with Crippen molar-refractivity contribution in [3.05, 3.63) is 29.3 Å². The molecule has 0 bridgehead atoms. The van der Waals surface area contributed by atoms with Crippen molar-refractivity contribution in [1.82, 2.24) is 9.21 Å². The molecule has 1 heterocycles. The second-order valence-corrected chi connectivity index (χ2v) is 7.98. The Balaban J connectivity index is 0.00000312. The van der Waals surface area contributed by atoms with Gasteiger partial charge in [-0.25, -0.2) is 8.42 Å². The van der Waals surface area contributed by atoms with E-state index in [9.17, 15) is 13.2 Å². The highest BCUT2D eigenvalue weighted by atomic mass is 35.5. The highest BCUT2D eigenvalue weighted by molar-refractivity contribution is 7.89. The number of amides is 1. The average molecular weight is 392 g/mol. The number of hydrogen-bond acceptors (Lipinski definition) is 5. The lowest BCUT2D eigenvalue weighted by molar-refractivity contribution is -0.134. The van der Waals surface area contributed by atoms with Gasteiger partial charge in [0, 0.05) is 33.3 Å². The van der Waals surface area contributed by atoms with Crippen LogP contribution >= 0.6 is 12.4 Å². The fourth-order valence-electron chi connectivity index (χ4n) is 2.66. The fraction of sp³-hybridized carbons (Fsp3) is 0.562. The highest BCUT2D eigenvalue weighted by Crippen LogP contribution is 2.20. The van der Waals surface area contributed by atoms with Crippen molar-refractivity contribution in [3.63, 3.8) is 0 Å². The average Bonchev–Trinajstić information content (AvgIpc) is 2.57. The highest BCUT2D eigenvalue weighted by Gasteiger charge is 2.31. The minimum atomic E-state index is -3.54. The molecule has 0 spiro atoms. The summed E-state index contributed by atoms with van der Waals surface area (Å²) in [6, 6.07) is 4.42. The van der Waals surface area contributed by atoms with Crippen molar-refractivity contribution in [1.29, 1.82) is 0 Å². The molecule has 1 aromatic carbocycles. The van der Waals surface area contributed by atoms with Crippen LogP contribution in [0.4, 0.5) is 0 Å². The van der Waals surface area contributed by atoms with Crippen LogP contribution in [0, 0.1) is 13.8 Å². The van der Waals surface area contributed by atoms with E-state index in [0.717, 1.165) is 11.1 Å². The van der Waals surface area contributed by atoms with Crippen molar-refractivity contribution in [3.8, 4) is 0 Å². The van der Waals surface area contributed by atoms with Crippen LogP contribution in [0.3, 0.4) is 0 Å². The number of rotatable bonds is 5. The molecule has 1 aromatic rings. The predicted molar refractivity (Wildman–Crippen MR) is 98.4 cm³/mol. The lowest BCUT2D eigenvalue weighted by Crippen LogP contribution is -2.55. The molecule has 0 aliphatic carbocycles. The van der Waals surface area contributed by atoms with Gasteiger partial charge in [-0.2, -0.15) is 4.31 Å². The maximum Gasteiger partial charge on any atom is 0.243 e. The number of ether oxygens (including phenoxy) is 1. The van der Waals surface area contributed by atoms with E-state index in [1.165, 1.54) is 11.4 Å². The van der Waals surface area contributed by atoms with Crippen molar-refractivity contribution >= 4 is 28.3 Å². The number of sulfonamides is 1. The third kappa shape index (κ3) is 4.92. The molecule has 1 amide bonds. The number of nitrogens with zero attached hydrogens (tertiary/aromatic N) is 2. The van der Waals surface area contributed by atoms with E-state index in [-0.39, 0.29) is 38.0 Å². The van der Waals surface area contributed by atoms with Gasteiger partial charge in [0.1, 0.15) is 6.04 Å². The number of halogens is 1. The van der Waals surface area contributed by atoms with Crippen LogP contribution in [0.5, 0.6) is 0 Å². The number of carbonyl (C=O) groups excluding carboxylic acids is 1. The Hall–Kier alpha value is -1.19. The first-order valence-corrected chi connectivity index (χ1v) is 9.32. The Morgan fingerprint density at radius 2 is 1.80 bits per heavy atom. The van der Waals surface area contributed by atoms with Crippen LogP contribution < -0.4 is 5.73 Å². The van der Waals surface area contributed by atoms with Gasteiger partial charge in [-0.05, 0) is 37.1 Å². The van der Waals surface area contributed by atoms with E-state index in [1.54, 1.807) is 17.0 Å². The summed E-state index contributed by atoms with van der Waals surface area (Å²) in [6.45, 7) is 5.18. The molecular formula is C16H26ClN3O4S. The summed E-state index contributed by atoms with van der Waals surface area (Å²) in [5.41, 5.74) is 7.75. The van der Waals surface area contributed by atoms with Gasteiger partial charge in [0.2, 0.25) is 15.9 Å². The Labute approximate surface area is 155 Å². The summed E-state index contributed by atoms with van der Waals surface area (Å²) in [5, 5.41) is 0. The Kier molecular flexibility index (Phi) is 7.83. The summed E-state index contributed by atoms with van der Waals surface area (Å²) >= 11 is 0. The molecule has 142 valence electrons. The largest absolute Gasteiger partial charge is 0.383 e. The third-order valence-electron chi connectivity index (χ3n) is 4.33. The lowest BCUT2D eigenvalue weighted by Gasteiger charge is -2.35. The zero-order valence-electron chi connectivity index (χ0n) is 14.8. The smallest absolute Gasteiger partial charge is 0.243 e. The first-order valence-electron chi connectivity index (χ1n) is 7.88. The van der Waals surface area contributed by atoms with Crippen LogP contribution in [0.15, 0.2) is 23.1 Å². The van der Waals surface area contributed by atoms with Gasteiger partial charge in [0.05, 0.1) is 11.5 Å². The Morgan fingerprint density at radius 3 is 2.32 bits per heavy atom. The molecule has 0 aromatic heterocycles. The topological polar surface area (TPSA) is 92.9 Å². The number of aryl methyl sites for hydroxylation is 2. The quantitative estimate of drug-likeness (QED) is 0.790. The first-order chi connectivity index (χ1) is 11.3. The zero-order chi connectivity index (χ0) is 17.9. The number of hydrogen-bond donors (Lipinski definition) is 1. The minimum Gasteiger partial charge on any atom is -0.383 e. The molecule has 1 aliphatic heterocycles. The summed E-state index contributed by atoms with van der Waals surface area (Å²) in [5.74, 6) is -0.208. The molecule has 1 saturated heterocycles. The van der Waals surface area contributed by atoms with Crippen LogP contribution in [-0.2, 0) is 19.6 Å². The molecule has 1 aliphatic rings. The monoisotopic (exact) mass is 391 g/mol. The summed E-state index contributed by atoms with van der Waals surface area (Å²) in [6.07, 6.45) is 0. The number of piperazine rings is 1. The molecule has 2 rings (SSSR count). The Morgan fingerprint density at radius 1 is 1.20 bits per heavy atom. The zero-order valence-corrected chi connectivity index (χ0v) is 16.4. The number of carbonyl (C=O) groups is 1. The molecule has 1 fully saturated rings. The standard InChI is InChI=1S/C16H25N3O4S.ClH/c1-12-4-5-14(10-13(12)2)24(21,22)19-8-6-18(7-9-19)16(20)15(17)11-23-3;/h4-5,10,15H,6-9,11,17H2,1-3H3;1H. The van der Waals surface area contributed by atoms with E-state index in [0.29, 0.717) is 18.0 Å². The predicted octanol–water partition coefficient (Wildman–Crippen LogP) is 0.532. The number of nitrogens with two attached hydrogens (primary N) is 1. The third-order valence-corrected chi connectivity index (χ3v) is 6.22. The van der Waals surface area contributed by atoms with E-state index < -0.39 is 16.1 Å². The van der Waals surface area contributed by atoms with Crippen LogP contribution in [0.2, 0.25) is 0 Å². The Bertz CT molecular complexity index is 703. The van der Waals surface area contributed by atoms with E-state index in [4.69, 9.17) is 10.5 Å². The molecule has 1 unspecified atom stereocenters. The SMILES string of the molecule is COCC(N)C(=O)N1CCN(S(=O)(=O)c2ccc(C)c(C)c2)CC1.Cl. The van der Waals surface area contributed by atoms with Gasteiger partial charge in [-0.3, -0.25) is 4.79 Å². The van der Waals surface area contributed by atoms with Gasteiger partial charge >= 0.3 is 0 Å². The minimum absolute atomic E-state index is 0. The summed E-state index contributed by atoms with van der Waals surface area (Å²) in [4.78, 5) is 14.0. The van der Waals surface area contributed by atoms with Gasteiger partial charge in [-0.1, -0.05) is 6.07 Å². The fourth-order valence-corrected chi connectivity index (χ4v) is 4.17. The molecule has 0 radical (unpaired) electrons. The van der Waals surface area contributed by atoms with Gasteiger partial charge < -0.3 is 15.4 Å². The maximum atomic E-state index is 12.7. The van der Waals surface area contributed by atoms with Crippen LogP contribution in [-0.4, -0.2) is 69.5 Å². The van der Waals surface area contributed by atoms with Crippen LogP contribution in [0.1, 0.15) is 11.1 Å². The van der Waals surface area contributed by atoms with Gasteiger partial charge in [0.25, 0.3) is 0 Å². The number of benzene rings is 1. The maximum absolute atomic E-state index is 12.7. The second-order valence-electron chi connectivity index (χ2n) is 6.04. The van der Waals surface area contributed by atoms with Crippen molar-refractivity contribution in [2.75, 3.05) is 39.9 Å². The second kappa shape index (κ2) is 8.95. The summed E-state index contributed by atoms with van der Waals surface area (Å²) in [7, 11) is -2.05. The van der Waals surface area contributed by atoms with Crippen molar-refractivity contribution in [2.24, 2.45) is 5.73 Å². The van der Waals surface area contributed by atoms with E-state index in [2.05, 4.69) is 0 Å². The first kappa shape index (κ1) is 21.9. The molecule has 0 saturated carbocycles. The normalized spacial score (nSPS) is 17.0. The van der Waals surface area contributed by atoms with E-state index >= 15 is 0 Å². The van der Waals surface area contributed by atoms with E-state index in [1.807, 2.05) is 19.9 Å². The van der Waals surface area contributed by atoms with Crippen LogP contribution in [0.25, 0.3) is 0 Å². The van der Waals surface area contributed by atoms with Gasteiger partial charge in [-0.15, -0.1) is 12.4 Å². The molecule has 9 heteroatoms.